The summed E-state index contributed by atoms with van der Waals surface area (Å²) in [6.45, 7) is 1.78. The molecule has 0 saturated heterocycles. The highest BCUT2D eigenvalue weighted by atomic mass is 28.3. The average molecular weight is 118 g/mol. The lowest BCUT2D eigenvalue weighted by Crippen LogP contribution is -2.23. The Morgan fingerprint density at radius 3 is 1.25 bits per heavy atom. The maximum Gasteiger partial charge on any atom is 0.286 e. The van der Waals surface area contributed by atoms with Gasteiger partial charge in [0.1, 0.15) is 0 Å². The molecule has 0 nitrogen and oxygen atoms in total. The first-order valence-corrected chi connectivity index (χ1v) is 4.62. The summed E-state index contributed by atoms with van der Waals surface area (Å²) >= 11 is 0. The van der Waals surface area contributed by atoms with Gasteiger partial charge in [0.25, 0.3) is 8.07 Å². The third-order valence-corrected chi connectivity index (χ3v) is 2.60. The van der Waals surface area contributed by atoms with E-state index in [-0.39, 0.29) is 0 Å². The standard InChI is InChI=1S/C7H6Si/c1-5-8(4,6-2)7-3/h1-3H,4H3. The normalized spacial score (nSPS) is 8.25. The van der Waals surface area contributed by atoms with Crippen LogP contribution in [0.4, 0.5) is 0 Å². The molecule has 0 aliphatic carbocycles. The van der Waals surface area contributed by atoms with Crippen molar-refractivity contribution in [1.29, 1.82) is 0 Å². The fraction of sp³-hybridized carbons (Fsp3) is 0.143. The Morgan fingerprint density at radius 2 is 1.25 bits per heavy atom. The van der Waals surface area contributed by atoms with Gasteiger partial charge in [0.05, 0.1) is 0 Å². The highest BCUT2D eigenvalue weighted by molar-refractivity contribution is 6.99. The van der Waals surface area contributed by atoms with Gasteiger partial charge in [0.2, 0.25) is 0 Å². The Bertz CT molecular complexity index is 158. The van der Waals surface area contributed by atoms with Gasteiger partial charge < -0.3 is 0 Å². The van der Waals surface area contributed by atoms with Crippen LogP contribution >= 0.6 is 0 Å². The van der Waals surface area contributed by atoms with E-state index in [1.807, 2.05) is 0 Å². The minimum absolute atomic E-state index is 1.78. The van der Waals surface area contributed by atoms with Gasteiger partial charge in [-0.05, 0) is 6.55 Å². The highest BCUT2D eigenvalue weighted by Crippen LogP contribution is 1.93. The van der Waals surface area contributed by atoms with Crippen LogP contribution in [0, 0.1) is 35.9 Å². The van der Waals surface area contributed by atoms with Crippen molar-refractivity contribution >= 4 is 8.07 Å². The van der Waals surface area contributed by atoms with Gasteiger partial charge in [0, 0.05) is 0 Å². The van der Waals surface area contributed by atoms with Gasteiger partial charge in [-0.15, -0.1) is 35.9 Å². The molecule has 1 heteroatoms. The highest BCUT2D eigenvalue weighted by Gasteiger charge is 2.16. The van der Waals surface area contributed by atoms with E-state index in [0.29, 0.717) is 0 Å². The maximum absolute atomic E-state index is 5.05. The van der Waals surface area contributed by atoms with Crippen LogP contribution in [0.25, 0.3) is 0 Å². The lowest BCUT2D eigenvalue weighted by Gasteiger charge is -1.99. The monoisotopic (exact) mass is 118 g/mol. The van der Waals surface area contributed by atoms with Gasteiger partial charge in [0.15, 0.2) is 0 Å². The summed E-state index contributed by atoms with van der Waals surface area (Å²) in [7, 11) is -2.09. The van der Waals surface area contributed by atoms with E-state index >= 15 is 0 Å². The first-order chi connectivity index (χ1) is 3.68. The van der Waals surface area contributed by atoms with Gasteiger partial charge in [-0.1, -0.05) is 0 Å². The molecular formula is C7H6Si. The molecule has 0 aromatic heterocycles. The van der Waals surface area contributed by atoms with Crippen LogP contribution in [0.15, 0.2) is 0 Å². The van der Waals surface area contributed by atoms with Crippen molar-refractivity contribution in [2.24, 2.45) is 0 Å². The SMILES string of the molecule is C#C[Si](C)(C#C)C#C. The molecule has 0 fully saturated rings. The van der Waals surface area contributed by atoms with Gasteiger partial charge in [-0.3, -0.25) is 0 Å². The van der Waals surface area contributed by atoms with E-state index < -0.39 is 8.07 Å². The minimum atomic E-state index is -2.09. The largest absolute Gasteiger partial charge is 0.286 e. The third kappa shape index (κ3) is 1.19. The summed E-state index contributed by atoms with van der Waals surface area (Å²) in [5.74, 6) is 0. The van der Waals surface area contributed by atoms with E-state index in [0.717, 1.165) is 0 Å². The van der Waals surface area contributed by atoms with Gasteiger partial charge in [-0.2, -0.15) is 0 Å². The summed E-state index contributed by atoms with van der Waals surface area (Å²) in [6.07, 6.45) is 15.2. The zero-order valence-electron chi connectivity index (χ0n) is 4.73. The van der Waals surface area contributed by atoms with Crippen LogP contribution in [-0.2, 0) is 0 Å². The van der Waals surface area contributed by atoms with Crippen LogP contribution < -0.4 is 0 Å². The molecule has 0 amide bonds. The fourth-order valence-corrected chi connectivity index (χ4v) is 0.375. The predicted molar refractivity (Wildman–Crippen MR) is 38.1 cm³/mol. The Balaban J connectivity index is 4.42. The molecule has 0 spiro atoms. The molecule has 0 bridgehead atoms. The Kier molecular flexibility index (Phi) is 1.95. The maximum atomic E-state index is 5.05. The second-order valence-electron chi connectivity index (χ2n) is 1.56. The second kappa shape index (κ2) is 2.27. The van der Waals surface area contributed by atoms with Crippen molar-refractivity contribution in [3.05, 3.63) is 0 Å². The summed E-state index contributed by atoms with van der Waals surface area (Å²) in [4.78, 5) is 0. The Labute approximate surface area is 51.3 Å². The summed E-state index contributed by atoms with van der Waals surface area (Å²) in [6, 6.07) is 0. The van der Waals surface area contributed by atoms with Crippen molar-refractivity contribution < 1.29 is 0 Å². The molecule has 0 aromatic carbocycles. The lowest BCUT2D eigenvalue weighted by molar-refractivity contribution is 2.12. The summed E-state index contributed by atoms with van der Waals surface area (Å²) in [5.41, 5.74) is 7.33. The number of rotatable bonds is 0. The first-order valence-electron chi connectivity index (χ1n) is 2.12. The number of hydrogen-bond donors (Lipinski definition) is 0. The van der Waals surface area contributed by atoms with Crippen molar-refractivity contribution in [3.63, 3.8) is 0 Å². The Hall–Kier alpha value is -1.10. The van der Waals surface area contributed by atoms with E-state index in [9.17, 15) is 0 Å². The topological polar surface area (TPSA) is 0 Å². The second-order valence-corrected chi connectivity index (χ2v) is 4.67. The molecule has 0 unspecified atom stereocenters. The molecule has 0 rings (SSSR count). The Morgan fingerprint density at radius 1 is 1.00 bits per heavy atom. The van der Waals surface area contributed by atoms with E-state index in [4.69, 9.17) is 19.3 Å². The molecule has 38 valence electrons. The van der Waals surface area contributed by atoms with Crippen LogP contribution in [0.1, 0.15) is 0 Å². The van der Waals surface area contributed by atoms with Gasteiger partial charge in [-0.25, -0.2) is 0 Å². The minimum Gasteiger partial charge on any atom is -0.125 e. The molecule has 0 aliphatic rings. The zero-order chi connectivity index (χ0) is 6.62. The van der Waals surface area contributed by atoms with Gasteiger partial charge >= 0.3 is 0 Å². The molecule has 0 aromatic rings. The molecule has 0 saturated carbocycles. The van der Waals surface area contributed by atoms with Crippen LogP contribution in [-0.4, -0.2) is 8.07 Å². The average Bonchev–Trinajstić information content (AvgIpc) is 1.87. The van der Waals surface area contributed by atoms with Crippen LogP contribution in [0.3, 0.4) is 0 Å². The van der Waals surface area contributed by atoms with E-state index in [1.165, 1.54) is 0 Å². The summed E-state index contributed by atoms with van der Waals surface area (Å²) < 4.78 is 0. The van der Waals surface area contributed by atoms with E-state index in [2.05, 4.69) is 16.6 Å². The van der Waals surface area contributed by atoms with Crippen LogP contribution in [0.2, 0.25) is 6.55 Å². The molecule has 0 N–H and O–H groups in total. The van der Waals surface area contributed by atoms with Crippen molar-refractivity contribution in [2.45, 2.75) is 6.55 Å². The first kappa shape index (κ1) is 6.90. The number of terminal acetylenes is 3. The van der Waals surface area contributed by atoms with Crippen molar-refractivity contribution in [1.82, 2.24) is 0 Å². The predicted octanol–water partition coefficient (Wildman–Crippen LogP) is 0.582. The molecule has 0 aliphatic heterocycles. The van der Waals surface area contributed by atoms with E-state index in [1.54, 1.807) is 6.55 Å². The molecular weight excluding hydrogens is 112 g/mol. The van der Waals surface area contributed by atoms with Crippen molar-refractivity contribution in [2.75, 3.05) is 0 Å². The van der Waals surface area contributed by atoms with Crippen molar-refractivity contribution in [3.8, 4) is 35.9 Å². The lowest BCUT2D eigenvalue weighted by atomic mass is 11.3. The molecule has 0 radical (unpaired) electrons. The summed E-state index contributed by atoms with van der Waals surface area (Å²) in [5, 5.41) is 0. The smallest absolute Gasteiger partial charge is 0.125 e. The third-order valence-electron chi connectivity index (χ3n) is 0.866. The molecule has 0 heterocycles. The zero-order valence-corrected chi connectivity index (χ0v) is 5.73. The molecule has 8 heavy (non-hydrogen) atoms. The number of hydrogen-bond acceptors (Lipinski definition) is 0. The fourth-order valence-electron chi connectivity index (χ4n) is 0.125. The molecule has 0 atom stereocenters. The van der Waals surface area contributed by atoms with Crippen LogP contribution in [0.5, 0.6) is 0 Å². The quantitative estimate of drug-likeness (QED) is 0.322.